The van der Waals surface area contributed by atoms with E-state index in [-0.39, 0.29) is 12.2 Å². The van der Waals surface area contributed by atoms with Crippen molar-refractivity contribution in [3.05, 3.63) is 28.4 Å². The molecule has 1 heterocycles. The van der Waals surface area contributed by atoms with Crippen molar-refractivity contribution in [1.29, 1.82) is 0 Å². The van der Waals surface area contributed by atoms with Crippen LogP contribution in [-0.4, -0.2) is 28.3 Å². The lowest BCUT2D eigenvalue weighted by Gasteiger charge is -2.09. The van der Waals surface area contributed by atoms with E-state index in [0.717, 1.165) is 12.4 Å². The predicted molar refractivity (Wildman–Crippen MR) is 50.5 cm³/mol. The first kappa shape index (κ1) is 13.2. The Morgan fingerprint density at radius 3 is 2.71 bits per heavy atom. The standard InChI is InChI=1S/C9H9F3N2O3/c1-2-17-7(15)6-3-13-8(16)14(4-6)5-9(10,11)12/h3-4H,2,5H2,1H3. The van der Waals surface area contributed by atoms with Crippen molar-refractivity contribution in [1.82, 2.24) is 9.55 Å². The summed E-state index contributed by atoms with van der Waals surface area (Å²) in [5, 5.41) is 0. The molecule has 8 heteroatoms. The van der Waals surface area contributed by atoms with Crippen molar-refractivity contribution in [3.8, 4) is 0 Å². The van der Waals surface area contributed by atoms with E-state index in [1.165, 1.54) is 0 Å². The summed E-state index contributed by atoms with van der Waals surface area (Å²) in [6, 6.07) is 0. The molecule has 0 aliphatic heterocycles. The second-order valence-corrected chi connectivity index (χ2v) is 3.09. The second kappa shape index (κ2) is 4.98. The molecule has 0 amide bonds. The van der Waals surface area contributed by atoms with Gasteiger partial charge < -0.3 is 4.74 Å². The van der Waals surface area contributed by atoms with Gasteiger partial charge in [0.15, 0.2) is 0 Å². The zero-order valence-electron chi connectivity index (χ0n) is 8.82. The van der Waals surface area contributed by atoms with Crippen LogP contribution in [0.5, 0.6) is 0 Å². The molecule has 0 spiro atoms. The monoisotopic (exact) mass is 250 g/mol. The first-order valence-corrected chi connectivity index (χ1v) is 4.64. The summed E-state index contributed by atoms with van der Waals surface area (Å²) in [5.74, 6) is -0.823. The van der Waals surface area contributed by atoms with Crippen LogP contribution >= 0.6 is 0 Å². The average Bonchev–Trinajstić information content (AvgIpc) is 2.19. The van der Waals surface area contributed by atoms with Crippen molar-refractivity contribution in [2.24, 2.45) is 0 Å². The van der Waals surface area contributed by atoms with E-state index in [2.05, 4.69) is 9.72 Å². The van der Waals surface area contributed by atoms with Crippen LogP contribution in [0.1, 0.15) is 17.3 Å². The molecule has 0 fully saturated rings. The number of nitrogens with zero attached hydrogens (tertiary/aromatic N) is 2. The minimum atomic E-state index is -4.56. The van der Waals surface area contributed by atoms with Crippen molar-refractivity contribution >= 4 is 5.97 Å². The molecule has 0 saturated heterocycles. The van der Waals surface area contributed by atoms with Gasteiger partial charge in [-0.25, -0.2) is 14.6 Å². The number of halogens is 3. The number of hydrogen-bond acceptors (Lipinski definition) is 4. The maximum Gasteiger partial charge on any atom is 0.406 e. The highest BCUT2D eigenvalue weighted by Crippen LogP contribution is 2.16. The molecule has 0 atom stereocenters. The van der Waals surface area contributed by atoms with Crippen LogP contribution in [0.2, 0.25) is 0 Å². The molecule has 1 aromatic heterocycles. The number of ether oxygens (including phenoxy) is 1. The second-order valence-electron chi connectivity index (χ2n) is 3.09. The Morgan fingerprint density at radius 1 is 1.53 bits per heavy atom. The third kappa shape index (κ3) is 3.89. The number of esters is 1. The van der Waals surface area contributed by atoms with E-state index in [0.29, 0.717) is 4.57 Å². The lowest BCUT2D eigenvalue weighted by Crippen LogP contribution is -2.30. The molecule has 0 bridgehead atoms. The lowest BCUT2D eigenvalue weighted by molar-refractivity contribution is -0.141. The third-order valence-corrected chi connectivity index (χ3v) is 1.72. The van der Waals surface area contributed by atoms with Crippen LogP contribution in [0, 0.1) is 0 Å². The van der Waals surface area contributed by atoms with Crippen LogP contribution < -0.4 is 5.69 Å². The Labute approximate surface area is 93.8 Å². The minimum absolute atomic E-state index is 0.0806. The minimum Gasteiger partial charge on any atom is -0.462 e. The molecular formula is C9H9F3N2O3. The van der Waals surface area contributed by atoms with E-state index >= 15 is 0 Å². The zero-order chi connectivity index (χ0) is 13.1. The highest BCUT2D eigenvalue weighted by atomic mass is 19.4. The fourth-order valence-corrected chi connectivity index (χ4v) is 1.08. The van der Waals surface area contributed by atoms with Crippen LogP contribution in [0.3, 0.4) is 0 Å². The van der Waals surface area contributed by atoms with Gasteiger partial charge in [0, 0.05) is 12.4 Å². The lowest BCUT2D eigenvalue weighted by atomic mass is 10.3. The molecule has 1 aromatic rings. The Hall–Kier alpha value is -1.86. The molecular weight excluding hydrogens is 241 g/mol. The summed E-state index contributed by atoms with van der Waals surface area (Å²) in [6.07, 6.45) is -2.90. The molecule has 17 heavy (non-hydrogen) atoms. The Morgan fingerprint density at radius 2 is 2.18 bits per heavy atom. The SMILES string of the molecule is CCOC(=O)c1cnc(=O)n(CC(F)(F)F)c1. The van der Waals surface area contributed by atoms with Crippen molar-refractivity contribution in [3.63, 3.8) is 0 Å². The summed E-state index contributed by atoms with van der Waals surface area (Å²) in [5.41, 5.74) is -1.27. The fourth-order valence-electron chi connectivity index (χ4n) is 1.08. The van der Waals surface area contributed by atoms with E-state index < -0.39 is 24.4 Å². The Kier molecular flexibility index (Phi) is 3.87. The number of carbonyl (C=O) groups excluding carboxylic acids is 1. The normalized spacial score (nSPS) is 11.3. The Bertz CT molecular complexity index is 467. The molecule has 5 nitrogen and oxygen atoms in total. The number of alkyl halides is 3. The predicted octanol–water partition coefficient (Wildman–Crippen LogP) is 0.982. The number of aromatic nitrogens is 2. The highest BCUT2D eigenvalue weighted by molar-refractivity contribution is 5.88. The fraction of sp³-hybridized carbons (Fsp3) is 0.444. The molecule has 0 aliphatic rings. The van der Waals surface area contributed by atoms with Crippen molar-refractivity contribution in [2.45, 2.75) is 19.6 Å². The summed E-state index contributed by atoms with van der Waals surface area (Å²) < 4.78 is 41.2. The van der Waals surface area contributed by atoms with Gasteiger partial charge in [0.1, 0.15) is 6.54 Å². The quantitative estimate of drug-likeness (QED) is 0.750. The van der Waals surface area contributed by atoms with Crippen LogP contribution in [-0.2, 0) is 11.3 Å². The zero-order valence-corrected chi connectivity index (χ0v) is 8.82. The molecule has 0 N–H and O–H groups in total. The topological polar surface area (TPSA) is 61.2 Å². The summed E-state index contributed by atoms with van der Waals surface area (Å²) in [4.78, 5) is 25.4. The smallest absolute Gasteiger partial charge is 0.406 e. The van der Waals surface area contributed by atoms with E-state index in [1.54, 1.807) is 6.92 Å². The maximum atomic E-state index is 12.1. The van der Waals surface area contributed by atoms with Gasteiger partial charge in [-0.05, 0) is 6.92 Å². The summed E-state index contributed by atoms with van der Waals surface area (Å²) >= 11 is 0. The van der Waals surface area contributed by atoms with Gasteiger partial charge in [0.05, 0.1) is 12.2 Å². The van der Waals surface area contributed by atoms with Gasteiger partial charge in [-0.3, -0.25) is 4.57 Å². The van der Waals surface area contributed by atoms with Gasteiger partial charge in [0.2, 0.25) is 0 Å². The van der Waals surface area contributed by atoms with Gasteiger partial charge in [-0.2, -0.15) is 13.2 Å². The molecule has 94 valence electrons. The van der Waals surface area contributed by atoms with E-state index in [4.69, 9.17) is 0 Å². The molecule has 0 saturated carbocycles. The van der Waals surface area contributed by atoms with E-state index in [9.17, 15) is 22.8 Å². The van der Waals surface area contributed by atoms with Gasteiger partial charge in [-0.1, -0.05) is 0 Å². The average molecular weight is 250 g/mol. The van der Waals surface area contributed by atoms with Crippen molar-refractivity contribution < 1.29 is 22.7 Å². The number of hydrogen-bond donors (Lipinski definition) is 0. The van der Waals surface area contributed by atoms with Crippen LogP contribution in [0.4, 0.5) is 13.2 Å². The largest absolute Gasteiger partial charge is 0.462 e. The molecule has 0 radical (unpaired) electrons. The summed E-state index contributed by atoms with van der Waals surface area (Å²) in [7, 11) is 0. The van der Waals surface area contributed by atoms with Crippen LogP contribution in [0.15, 0.2) is 17.2 Å². The number of rotatable bonds is 3. The number of carbonyl (C=O) groups is 1. The van der Waals surface area contributed by atoms with Gasteiger partial charge >= 0.3 is 17.8 Å². The van der Waals surface area contributed by atoms with Crippen LogP contribution in [0.25, 0.3) is 0 Å². The Balaban J connectivity index is 3.02. The first-order valence-electron chi connectivity index (χ1n) is 4.64. The van der Waals surface area contributed by atoms with Crippen molar-refractivity contribution in [2.75, 3.05) is 6.61 Å². The maximum absolute atomic E-state index is 12.1. The third-order valence-electron chi connectivity index (χ3n) is 1.72. The van der Waals surface area contributed by atoms with Gasteiger partial charge in [-0.15, -0.1) is 0 Å². The molecule has 0 aromatic carbocycles. The highest BCUT2D eigenvalue weighted by Gasteiger charge is 2.28. The van der Waals surface area contributed by atoms with E-state index in [1.807, 2.05) is 0 Å². The first-order chi connectivity index (χ1) is 7.83. The molecule has 0 unspecified atom stereocenters. The summed E-state index contributed by atoms with van der Waals surface area (Å²) in [6.45, 7) is 0.139. The molecule has 1 rings (SSSR count). The van der Waals surface area contributed by atoms with Gasteiger partial charge in [0.25, 0.3) is 0 Å². The molecule has 0 aliphatic carbocycles.